The molecular weight excluding hydrogens is 361 g/mol. The molecule has 0 heterocycles. The number of halogens is 4. The molecule has 0 atom stereocenters. The summed E-state index contributed by atoms with van der Waals surface area (Å²) in [6.07, 6.45) is 16.6. The molecule has 0 radical (unpaired) electrons. The zero-order chi connectivity index (χ0) is 21.0. The zero-order valence-corrected chi connectivity index (χ0v) is 17.7. The molecular formula is C19H42BF4NO2. The maximum absolute atomic E-state index is 9.75. The molecule has 0 aromatic rings. The summed E-state index contributed by atoms with van der Waals surface area (Å²) in [6, 6.07) is 0. The summed E-state index contributed by atoms with van der Waals surface area (Å²) in [4.78, 5) is 0. The van der Waals surface area contributed by atoms with Gasteiger partial charge in [0.2, 0.25) is 0 Å². The van der Waals surface area contributed by atoms with Crippen LogP contribution in [0.15, 0.2) is 0 Å². The third-order valence-corrected chi connectivity index (χ3v) is 4.29. The van der Waals surface area contributed by atoms with Gasteiger partial charge >= 0.3 is 7.25 Å². The molecule has 27 heavy (non-hydrogen) atoms. The molecule has 0 aliphatic carbocycles. The van der Waals surface area contributed by atoms with E-state index in [2.05, 4.69) is 21.0 Å². The van der Waals surface area contributed by atoms with Crippen LogP contribution in [0.1, 0.15) is 84.0 Å². The van der Waals surface area contributed by atoms with Crippen LogP contribution in [0.5, 0.6) is 0 Å². The molecule has 0 aliphatic heterocycles. The Morgan fingerprint density at radius 3 is 1.48 bits per heavy atom. The van der Waals surface area contributed by atoms with Gasteiger partial charge in [0.05, 0.1) is 27.3 Å². The second kappa shape index (κ2) is 19.0. The largest absolute Gasteiger partial charge is 0.673 e. The van der Waals surface area contributed by atoms with Gasteiger partial charge in [0.15, 0.2) is 6.73 Å². The van der Waals surface area contributed by atoms with E-state index >= 15 is 0 Å². The Labute approximate surface area is 164 Å². The van der Waals surface area contributed by atoms with Crippen molar-refractivity contribution in [2.24, 2.45) is 0 Å². The lowest BCUT2D eigenvalue weighted by Gasteiger charge is -2.28. The monoisotopic (exact) mass is 403 g/mol. The van der Waals surface area contributed by atoms with Crippen molar-refractivity contribution in [2.75, 3.05) is 40.6 Å². The molecule has 0 aromatic heterocycles. The number of quaternary nitrogens is 1. The molecule has 0 saturated heterocycles. The fourth-order valence-corrected chi connectivity index (χ4v) is 2.69. The number of aliphatic hydroxyl groups excluding tert-OH is 1. The van der Waals surface area contributed by atoms with Crippen molar-refractivity contribution in [1.82, 2.24) is 0 Å². The van der Waals surface area contributed by atoms with E-state index < -0.39 is 7.25 Å². The summed E-state index contributed by atoms with van der Waals surface area (Å²) < 4.78 is 45.4. The molecule has 0 amide bonds. The van der Waals surface area contributed by atoms with Gasteiger partial charge in [0, 0.05) is 0 Å². The summed E-state index contributed by atoms with van der Waals surface area (Å²) in [5.41, 5.74) is 0. The number of likely N-dealkylation sites (N-methyl/N-ethyl adjacent to an activating group) is 1. The SMILES string of the molecule is CCCCCCCCCCCCCCOC[N+](C)(C)CCO.F[B-](F)(F)F. The number of unbranched alkanes of at least 4 members (excludes halogenated alkanes) is 11. The number of rotatable bonds is 17. The van der Waals surface area contributed by atoms with Crippen molar-refractivity contribution in [3.05, 3.63) is 0 Å². The van der Waals surface area contributed by atoms with Crippen LogP contribution in [-0.4, -0.2) is 57.4 Å². The lowest BCUT2D eigenvalue weighted by molar-refractivity contribution is -0.910. The Morgan fingerprint density at radius 2 is 1.11 bits per heavy atom. The first-order valence-electron chi connectivity index (χ1n) is 10.5. The van der Waals surface area contributed by atoms with Crippen LogP contribution in [-0.2, 0) is 4.74 Å². The van der Waals surface area contributed by atoms with Gasteiger partial charge in [-0.15, -0.1) is 0 Å². The van der Waals surface area contributed by atoms with Crippen LogP contribution < -0.4 is 0 Å². The first-order valence-corrected chi connectivity index (χ1v) is 10.5. The first kappa shape index (κ1) is 28.9. The average molecular weight is 403 g/mol. The van der Waals surface area contributed by atoms with Crippen molar-refractivity contribution in [3.63, 3.8) is 0 Å². The van der Waals surface area contributed by atoms with Crippen LogP contribution in [0.25, 0.3) is 0 Å². The molecule has 0 aromatic carbocycles. The first-order chi connectivity index (χ1) is 12.6. The van der Waals surface area contributed by atoms with Gasteiger partial charge in [-0.3, -0.25) is 0 Å². The van der Waals surface area contributed by atoms with Gasteiger partial charge in [-0.25, -0.2) is 0 Å². The van der Waals surface area contributed by atoms with E-state index in [1.54, 1.807) is 0 Å². The molecule has 0 rings (SSSR count). The maximum atomic E-state index is 9.75. The summed E-state index contributed by atoms with van der Waals surface area (Å²) in [5.74, 6) is 0. The van der Waals surface area contributed by atoms with Crippen molar-refractivity contribution in [2.45, 2.75) is 84.0 Å². The van der Waals surface area contributed by atoms with Gasteiger partial charge in [-0.1, -0.05) is 77.6 Å². The van der Waals surface area contributed by atoms with Crippen molar-refractivity contribution in [3.8, 4) is 0 Å². The Morgan fingerprint density at radius 1 is 0.741 bits per heavy atom. The number of nitrogens with zero attached hydrogens (tertiary/aromatic N) is 1. The fraction of sp³-hybridized carbons (Fsp3) is 1.00. The van der Waals surface area contributed by atoms with Gasteiger partial charge in [0.1, 0.15) is 6.54 Å². The molecule has 0 unspecified atom stereocenters. The number of hydrogen-bond donors (Lipinski definition) is 1. The van der Waals surface area contributed by atoms with E-state index in [4.69, 9.17) is 9.84 Å². The number of hydrogen-bond acceptors (Lipinski definition) is 2. The standard InChI is InChI=1S/C19H42NO2.BF4/c1-4-5-6-7-8-9-10-11-12-13-14-15-18-22-19-20(2,3)16-17-21;2-1(3,4)5/h21H,4-19H2,1-3H3;/q+1;-1. The summed E-state index contributed by atoms with van der Waals surface area (Å²) in [6.45, 7) is 4.84. The van der Waals surface area contributed by atoms with Crippen molar-refractivity contribution in [1.29, 1.82) is 0 Å². The summed E-state index contributed by atoms with van der Waals surface area (Å²) >= 11 is 0. The Hall–Kier alpha value is -0.335. The topological polar surface area (TPSA) is 29.5 Å². The van der Waals surface area contributed by atoms with Crippen molar-refractivity contribution < 1.29 is 31.6 Å². The van der Waals surface area contributed by atoms with Crippen LogP contribution in [0.3, 0.4) is 0 Å². The van der Waals surface area contributed by atoms with Gasteiger partial charge in [-0.05, 0) is 6.42 Å². The molecule has 0 aliphatic rings. The Balaban J connectivity index is 0. The fourth-order valence-electron chi connectivity index (χ4n) is 2.69. The molecule has 1 N–H and O–H groups in total. The highest BCUT2D eigenvalue weighted by atomic mass is 19.5. The van der Waals surface area contributed by atoms with Crippen LogP contribution >= 0.6 is 0 Å². The van der Waals surface area contributed by atoms with Gasteiger partial charge in [-0.2, -0.15) is 0 Å². The molecule has 8 heteroatoms. The predicted octanol–water partition coefficient (Wildman–Crippen LogP) is 6.03. The van der Waals surface area contributed by atoms with E-state index in [1.807, 2.05) is 0 Å². The minimum Gasteiger partial charge on any atom is -0.418 e. The predicted molar refractivity (Wildman–Crippen MR) is 106 cm³/mol. The average Bonchev–Trinajstić information content (AvgIpc) is 2.53. The van der Waals surface area contributed by atoms with E-state index in [-0.39, 0.29) is 6.61 Å². The lowest BCUT2D eigenvalue weighted by Crippen LogP contribution is -2.43. The zero-order valence-electron chi connectivity index (χ0n) is 17.7. The molecule has 0 spiro atoms. The molecule has 0 fully saturated rings. The molecule has 3 nitrogen and oxygen atoms in total. The lowest BCUT2D eigenvalue weighted by atomic mass is 10.1. The number of aliphatic hydroxyl groups is 1. The summed E-state index contributed by atoms with van der Waals surface area (Å²) in [5, 5.41) is 8.95. The Bertz CT molecular complexity index is 300. The van der Waals surface area contributed by atoms with Crippen LogP contribution in [0.4, 0.5) is 17.3 Å². The molecule has 0 saturated carbocycles. The van der Waals surface area contributed by atoms with E-state index in [9.17, 15) is 17.3 Å². The van der Waals surface area contributed by atoms with E-state index in [1.165, 1.54) is 77.0 Å². The highest BCUT2D eigenvalue weighted by molar-refractivity contribution is 6.50. The maximum Gasteiger partial charge on any atom is 0.673 e. The van der Waals surface area contributed by atoms with Crippen LogP contribution in [0, 0.1) is 0 Å². The molecule has 166 valence electrons. The van der Waals surface area contributed by atoms with E-state index in [0.717, 1.165) is 17.6 Å². The van der Waals surface area contributed by atoms with Crippen LogP contribution in [0.2, 0.25) is 0 Å². The minimum absolute atomic E-state index is 0.231. The number of ether oxygens (including phenoxy) is 1. The van der Waals surface area contributed by atoms with Gasteiger partial charge in [0.25, 0.3) is 0 Å². The normalized spacial score (nSPS) is 12.0. The highest BCUT2D eigenvalue weighted by Crippen LogP contribution is 2.12. The van der Waals surface area contributed by atoms with E-state index in [0.29, 0.717) is 6.73 Å². The second-order valence-corrected chi connectivity index (χ2v) is 7.80. The minimum atomic E-state index is -6.00. The third-order valence-electron chi connectivity index (χ3n) is 4.29. The van der Waals surface area contributed by atoms with Crippen molar-refractivity contribution >= 4 is 7.25 Å². The summed E-state index contributed by atoms with van der Waals surface area (Å²) in [7, 11) is -1.81. The third kappa shape index (κ3) is 33.7. The Kier molecular flexibility index (Phi) is 20.3. The highest BCUT2D eigenvalue weighted by Gasteiger charge is 2.20. The molecule has 0 bridgehead atoms. The van der Waals surface area contributed by atoms with Gasteiger partial charge < -0.3 is 31.6 Å². The quantitative estimate of drug-likeness (QED) is 0.106. The smallest absolute Gasteiger partial charge is 0.418 e. The second-order valence-electron chi connectivity index (χ2n) is 7.80.